The average molecular weight is 482 g/mol. The Labute approximate surface area is 204 Å². The fourth-order valence-electron chi connectivity index (χ4n) is 6.89. The molecule has 0 bridgehead atoms. The van der Waals surface area contributed by atoms with Gasteiger partial charge in [-0.3, -0.25) is 0 Å². The molecule has 1 atom stereocenters. The molecule has 0 aliphatic heterocycles. The summed E-state index contributed by atoms with van der Waals surface area (Å²) in [5.74, 6) is 0. The van der Waals surface area contributed by atoms with Crippen molar-refractivity contribution in [3.8, 4) is 0 Å². The van der Waals surface area contributed by atoms with Crippen molar-refractivity contribution in [2.24, 2.45) is 0 Å². The fraction of sp³-hybridized carbons (Fsp3) is 1.00. The average Bonchev–Trinajstić information content (AvgIpc) is 2.86. The smallest absolute Gasteiger partial charge is 0.000916 e. The molecule has 3 saturated carbocycles. The van der Waals surface area contributed by atoms with E-state index in [1.807, 2.05) is 0 Å². The molecule has 3 aliphatic carbocycles. The van der Waals surface area contributed by atoms with E-state index in [0.717, 1.165) is 17.0 Å². The second kappa shape index (κ2) is 17.3. The topological polar surface area (TPSA) is 12.0 Å². The molecule has 3 rings (SSSR count). The van der Waals surface area contributed by atoms with Crippen LogP contribution in [-0.4, -0.2) is 48.6 Å². The molecule has 1 unspecified atom stereocenters. The Bertz CT molecular complexity index is 420. The van der Waals surface area contributed by atoms with Crippen molar-refractivity contribution in [1.82, 2.24) is 5.32 Å². The van der Waals surface area contributed by atoms with Crippen LogP contribution in [0.25, 0.3) is 0 Å². The molecule has 0 radical (unpaired) electrons. The van der Waals surface area contributed by atoms with E-state index in [-0.39, 0.29) is 15.8 Å². The van der Waals surface area contributed by atoms with Gasteiger partial charge in [-0.2, -0.15) is 0 Å². The van der Waals surface area contributed by atoms with Crippen molar-refractivity contribution in [3.63, 3.8) is 0 Å². The summed E-state index contributed by atoms with van der Waals surface area (Å²) in [6.07, 6.45) is 35.2. The second-order valence-electron chi connectivity index (χ2n) is 11.3. The summed E-state index contributed by atoms with van der Waals surface area (Å²) in [6, 6.07) is 0. The van der Waals surface area contributed by atoms with Crippen molar-refractivity contribution in [3.05, 3.63) is 0 Å². The maximum Gasteiger partial charge on any atom is -0.000916 e. The van der Waals surface area contributed by atoms with Gasteiger partial charge >= 0.3 is 0 Å². The normalized spacial score (nSPS) is 23.1. The summed E-state index contributed by atoms with van der Waals surface area (Å²) in [7, 11) is 0.573. The third-order valence-corrected chi connectivity index (χ3v) is 15.7. The highest BCUT2D eigenvalue weighted by Gasteiger charge is 2.30. The maximum atomic E-state index is 4.01. The van der Waals surface area contributed by atoms with Gasteiger partial charge in [0.2, 0.25) is 0 Å². The van der Waals surface area contributed by atoms with E-state index in [0.29, 0.717) is 0 Å². The lowest BCUT2D eigenvalue weighted by atomic mass is 9.99. The first kappa shape index (κ1) is 27.4. The van der Waals surface area contributed by atoms with Gasteiger partial charge in [0.05, 0.1) is 0 Å². The Hall–Kier alpha value is 0.820. The van der Waals surface area contributed by atoms with Crippen molar-refractivity contribution in [2.45, 2.75) is 152 Å². The summed E-state index contributed by atoms with van der Waals surface area (Å²) in [5.41, 5.74) is 3.38. The third kappa shape index (κ3) is 10.2. The van der Waals surface area contributed by atoms with Crippen LogP contribution in [0.3, 0.4) is 0 Å². The largest absolute Gasteiger partial charge is 0.316 e. The van der Waals surface area contributed by atoms with Crippen LogP contribution in [0, 0.1) is 0 Å². The Kier molecular flexibility index (Phi) is 14.8. The molecular formula is C29H57NP2. The summed E-state index contributed by atoms with van der Waals surface area (Å²) in [6.45, 7) is 5.01. The molecule has 1 nitrogen and oxygen atoms in total. The highest BCUT2D eigenvalue weighted by molar-refractivity contribution is 7.59. The van der Waals surface area contributed by atoms with E-state index >= 15 is 0 Å². The maximum absolute atomic E-state index is 4.01. The zero-order valence-electron chi connectivity index (χ0n) is 21.8. The molecule has 188 valence electrons. The molecule has 32 heavy (non-hydrogen) atoms. The van der Waals surface area contributed by atoms with Gasteiger partial charge in [-0.1, -0.05) is 98.3 Å². The Morgan fingerprint density at radius 2 is 1.03 bits per heavy atom. The van der Waals surface area contributed by atoms with Gasteiger partial charge in [-0.15, -0.1) is 7.92 Å². The Balaban J connectivity index is 1.39. The predicted molar refractivity (Wildman–Crippen MR) is 151 cm³/mol. The lowest BCUT2D eigenvalue weighted by Gasteiger charge is -2.38. The fourth-order valence-corrected chi connectivity index (χ4v) is 13.8. The van der Waals surface area contributed by atoms with Gasteiger partial charge in [0, 0.05) is 0 Å². The van der Waals surface area contributed by atoms with E-state index in [2.05, 4.69) is 12.2 Å². The SMILES string of the molecule is CCCCCCCP(CCNCCP(C1CCCCC1)C1CCCCC1)C1CCCCC1. The molecule has 1 N–H and O–H groups in total. The van der Waals surface area contributed by atoms with Crippen molar-refractivity contribution in [1.29, 1.82) is 0 Å². The van der Waals surface area contributed by atoms with Crippen molar-refractivity contribution < 1.29 is 0 Å². The van der Waals surface area contributed by atoms with Gasteiger partial charge in [-0.05, 0) is 93.5 Å². The van der Waals surface area contributed by atoms with Gasteiger partial charge in [-0.25, -0.2) is 0 Å². The first-order valence-corrected chi connectivity index (χ1v) is 18.5. The van der Waals surface area contributed by atoms with E-state index in [1.165, 1.54) is 109 Å². The van der Waals surface area contributed by atoms with Crippen LogP contribution in [-0.2, 0) is 0 Å². The van der Waals surface area contributed by atoms with Crippen LogP contribution in [0.4, 0.5) is 0 Å². The van der Waals surface area contributed by atoms with Crippen molar-refractivity contribution in [2.75, 3.05) is 31.6 Å². The monoisotopic (exact) mass is 481 g/mol. The molecule has 0 aromatic carbocycles. The number of unbranched alkanes of at least 4 members (excludes halogenated alkanes) is 4. The first-order chi connectivity index (χ1) is 15.9. The van der Waals surface area contributed by atoms with Gasteiger partial charge in [0.15, 0.2) is 0 Å². The van der Waals surface area contributed by atoms with Gasteiger partial charge in [0.1, 0.15) is 0 Å². The molecule has 3 heteroatoms. The van der Waals surface area contributed by atoms with E-state index in [9.17, 15) is 0 Å². The number of hydrogen-bond donors (Lipinski definition) is 1. The van der Waals surface area contributed by atoms with Crippen LogP contribution < -0.4 is 5.32 Å². The highest BCUT2D eigenvalue weighted by atomic mass is 31.1. The lowest BCUT2D eigenvalue weighted by Crippen LogP contribution is -2.28. The van der Waals surface area contributed by atoms with E-state index < -0.39 is 0 Å². The summed E-state index contributed by atoms with van der Waals surface area (Å²) < 4.78 is 0. The molecule has 0 aromatic rings. The van der Waals surface area contributed by atoms with Gasteiger partial charge < -0.3 is 5.32 Å². The molecule has 3 aliphatic rings. The zero-order valence-corrected chi connectivity index (χ0v) is 23.6. The van der Waals surface area contributed by atoms with Gasteiger partial charge in [0.25, 0.3) is 0 Å². The van der Waals surface area contributed by atoms with E-state index in [1.54, 1.807) is 50.8 Å². The predicted octanol–water partition coefficient (Wildman–Crippen LogP) is 9.51. The number of rotatable bonds is 15. The molecule has 0 saturated heterocycles. The number of nitrogens with one attached hydrogen (secondary N) is 1. The molecule has 3 fully saturated rings. The minimum atomic E-state index is 0.286. The molecule has 0 aromatic heterocycles. The third-order valence-electron chi connectivity index (χ3n) is 8.85. The highest BCUT2D eigenvalue weighted by Crippen LogP contribution is 2.55. The first-order valence-electron chi connectivity index (χ1n) is 15.1. The standard InChI is InChI=1S/C29H57NP2/c1-2-3-4-5-15-24-31(27-16-9-6-10-17-27)25-22-30-23-26-32(28-18-11-7-12-19-28)29-20-13-8-14-21-29/h27-30H,2-26H2,1H3. The molecule has 0 amide bonds. The van der Waals surface area contributed by atoms with Crippen LogP contribution in [0.5, 0.6) is 0 Å². The summed E-state index contributed by atoms with van der Waals surface area (Å²) in [4.78, 5) is 0. The van der Waals surface area contributed by atoms with Crippen LogP contribution in [0.15, 0.2) is 0 Å². The van der Waals surface area contributed by atoms with Crippen LogP contribution >= 0.6 is 15.8 Å². The van der Waals surface area contributed by atoms with Crippen molar-refractivity contribution >= 4 is 15.8 Å². The lowest BCUT2D eigenvalue weighted by molar-refractivity contribution is 0.483. The molecule has 0 spiro atoms. The zero-order chi connectivity index (χ0) is 22.3. The minimum Gasteiger partial charge on any atom is -0.316 e. The molecular weight excluding hydrogens is 424 g/mol. The summed E-state index contributed by atoms with van der Waals surface area (Å²) >= 11 is 0. The van der Waals surface area contributed by atoms with E-state index in [4.69, 9.17) is 0 Å². The minimum absolute atomic E-state index is 0.286. The Morgan fingerprint density at radius 1 is 0.531 bits per heavy atom. The molecule has 0 heterocycles. The number of hydrogen-bond acceptors (Lipinski definition) is 1. The van der Waals surface area contributed by atoms with Crippen LogP contribution in [0.2, 0.25) is 0 Å². The quantitative estimate of drug-likeness (QED) is 0.181. The summed E-state index contributed by atoms with van der Waals surface area (Å²) in [5, 5.41) is 4.01. The van der Waals surface area contributed by atoms with Crippen LogP contribution in [0.1, 0.15) is 135 Å². The Morgan fingerprint density at radius 3 is 1.59 bits per heavy atom. The second-order valence-corrected chi connectivity index (χ2v) is 17.1.